The van der Waals surface area contributed by atoms with E-state index in [1.807, 2.05) is 0 Å². The second kappa shape index (κ2) is 11.6. The quantitative estimate of drug-likeness (QED) is 0.204. The SMILES string of the molecule is CCCCCCCCCCCCCCC(=S)C(C1CC1)C1CC1. The molecule has 134 valence electrons. The molecule has 0 aliphatic heterocycles. The lowest BCUT2D eigenvalue weighted by molar-refractivity contribution is 0.523. The van der Waals surface area contributed by atoms with Gasteiger partial charge in [0.05, 0.1) is 0 Å². The fourth-order valence-electron chi connectivity index (χ4n) is 4.13. The van der Waals surface area contributed by atoms with Gasteiger partial charge in [0.2, 0.25) is 0 Å². The first kappa shape index (κ1) is 19.4. The highest BCUT2D eigenvalue weighted by molar-refractivity contribution is 7.80. The second-order valence-electron chi connectivity index (χ2n) is 8.31. The summed E-state index contributed by atoms with van der Waals surface area (Å²) in [6.07, 6.45) is 24.4. The molecule has 1 heteroatoms. The molecule has 0 aromatic carbocycles. The summed E-state index contributed by atoms with van der Waals surface area (Å²) in [5.74, 6) is 2.87. The molecule has 0 aromatic rings. The highest BCUT2D eigenvalue weighted by Gasteiger charge is 2.42. The zero-order chi connectivity index (χ0) is 16.3. The van der Waals surface area contributed by atoms with Crippen LogP contribution in [0.3, 0.4) is 0 Å². The van der Waals surface area contributed by atoms with Gasteiger partial charge in [0.25, 0.3) is 0 Å². The predicted octanol–water partition coefficient (Wildman–Crippen LogP) is 7.88. The van der Waals surface area contributed by atoms with Crippen LogP contribution in [0.15, 0.2) is 0 Å². The van der Waals surface area contributed by atoms with Gasteiger partial charge in [-0.3, -0.25) is 0 Å². The van der Waals surface area contributed by atoms with E-state index in [9.17, 15) is 0 Å². The molecule has 23 heavy (non-hydrogen) atoms. The highest BCUT2D eigenvalue weighted by atomic mass is 32.1. The van der Waals surface area contributed by atoms with Crippen molar-refractivity contribution in [1.29, 1.82) is 0 Å². The molecule has 0 amide bonds. The minimum absolute atomic E-state index is 0.859. The molecule has 0 radical (unpaired) electrons. The molecule has 2 aliphatic carbocycles. The van der Waals surface area contributed by atoms with Gasteiger partial charge in [0.1, 0.15) is 0 Å². The van der Waals surface area contributed by atoms with E-state index in [4.69, 9.17) is 12.2 Å². The summed E-state index contributed by atoms with van der Waals surface area (Å²) >= 11 is 5.79. The lowest BCUT2D eigenvalue weighted by Gasteiger charge is -2.16. The van der Waals surface area contributed by atoms with Crippen LogP contribution in [0.5, 0.6) is 0 Å². The van der Waals surface area contributed by atoms with E-state index < -0.39 is 0 Å². The summed E-state index contributed by atoms with van der Waals surface area (Å²) < 4.78 is 0. The van der Waals surface area contributed by atoms with Crippen LogP contribution in [0.25, 0.3) is 0 Å². The summed E-state index contributed by atoms with van der Waals surface area (Å²) in [6.45, 7) is 2.30. The zero-order valence-corrected chi connectivity index (χ0v) is 16.5. The van der Waals surface area contributed by atoms with Crippen molar-refractivity contribution in [2.24, 2.45) is 17.8 Å². The third-order valence-electron chi connectivity index (χ3n) is 5.91. The fraction of sp³-hybridized carbons (Fsp3) is 0.955. The van der Waals surface area contributed by atoms with Gasteiger partial charge in [-0.25, -0.2) is 0 Å². The Morgan fingerprint density at radius 1 is 0.696 bits per heavy atom. The third kappa shape index (κ3) is 8.66. The first-order valence-corrected chi connectivity index (χ1v) is 11.3. The maximum atomic E-state index is 5.79. The van der Waals surface area contributed by atoms with Gasteiger partial charge >= 0.3 is 0 Å². The van der Waals surface area contributed by atoms with Crippen LogP contribution in [-0.4, -0.2) is 4.86 Å². The summed E-state index contributed by atoms with van der Waals surface area (Å²) in [6, 6.07) is 0. The summed E-state index contributed by atoms with van der Waals surface area (Å²) in [5.41, 5.74) is 0. The van der Waals surface area contributed by atoms with Gasteiger partial charge in [-0.1, -0.05) is 89.8 Å². The molecule has 0 heterocycles. The van der Waals surface area contributed by atoms with E-state index in [0.717, 1.165) is 17.8 Å². The maximum Gasteiger partial charge on any atom is -0.00351 e. The molecule has 0 nitrogen and oxygen atoms in total. The number of thiocarbonyl (C=S) groups is 1. The largest absolute Gasteiger partial charge is 0.0894 e. The molecule has 0 bridgehead atoms. The van der Waals surface area contributed by atoms with E-state index in [1.54, 1.807) is 0 Å². The Bertz CT molecular complexity index is 302. The van der Waals surface area contributed by atoms with Crippen molar-refractivity contribution in [3.8, 4) is 0 Å². The van der Waals surface area contributed by atoms with Crippen molar-refractivity contribution in [2.75, 3.05) is 0 Å². The molecule has 2 aliphatic rings. The van der Waals surface area contributed by atoms with E-state index >= 15 is 0 Å². The first-order valence-electron chi connectivity index (χ1n) is 10.9. The average Bonchev–Trinajstić information content (AvgIpc) is 3.43. The Kier molecular flexibility index (Phi) is 9.80. The lowest BCUT2D eigenvalue weighted by Crippen LogP contribution is -2.16. The molecule has 0 aromatic heterocycles. The standard InChI is InChI=1S/C22H40S/c1-2-3-4-5-6-7-8-9-10-11-12-13-14-21(23)22(19-15-16-19)20-17-18-20/h19-20,22H,2-18H2,1H3. The van der Waals surface area contributed by atoms with Crippen LogP contribution in [0.1, 0.15) is 116 Å². The third-order valence-corrected chi connectivity index (χ3v) is 6.38. The smallest absolute Gasteiger partial charge is 0.00351 e. The molecule has 0 unspecified atom stereocenters. The van der Waals surface area contributed by atoms with Crippen molar-refractivity contribution in [3.05, 3.63) is 0 Å². The molecular weight excluding hydrogens is 296 g/mol. The number of hydrogen-bond donors (Lipinski definition) is 0. The number of unbranched alkanes of at least 4 members (excludes halogenated alkanes) is 11. The van der Waals surface area contributed by atoms with Crippen LogP contribution in [-0.2, 0) is 0 Å². The Labute approximate surface area is 151 Å². The monoisotopic (exact) mass is 336 g/mol. The topological polar surface area (TPSA) is 0 Å². The van der Waals surface area contributed by atoms with Gasteiger partial charge < -0.3 is 0 Å². The molecule has 0 saturated heterocycles. The van der Waals surface area contributed by atoms with Gasteiger partial charge in [-0.15, -0.1) is 0 Å². The Morgan fingerprint density at radius 2 is 1.09 bits per heavy atom. The van der Waals surface area contributed by atoms with E-state index in [-0.39, 0.29) is 0 Å². The van der Waals surface area contributed by atoms with Crippen LogP contribution in [0.4, 0.5) is 0 Å². The predicted molar refractivity (Wildman–Crippen MR) is 107 cm³/mol. The van der Waals surface area contributed by atoms with E-state index in [0.29, 0.717) is 0 Å². The first-order chi connectivity index (χ1) is 11.3. The Balaban J connectivity index is 1.34. The van der Waals surface area contributed by atoms with Crippen LogP contribution in [0, 0.1) is 17.8 Å². The van der Waals surface area contributed by atoms with Crippen molar-refractivity contribution in [3.63, 3.8) is 0 Å². The normalized spacial score (nSPS) is 17.8. The average molecular weight is 337 g/mol. The molecule has 0 spiro atoms. The fourth-order valence-corrected chi connectivity index (χ4v) is 4.66. The van der Waals surface area contributed by atoms with Gasteiger partial charge in [-0.2, -0.15) is 0 Å². The second-order valence-corrected chi connectivity index (χ2v) is 8.83. The van der Waals surface area contributed by atoms with Crippen molar-refractivity contribution in [1.82, 2.24) is 0 Å². The van der Waals surface area contributed by atoms with Crippen molar-refractivity contribution in [2.45, 2.75) is 116 Å². The van der Waals surface area contributed by atoms with Gasteiger partial charge in [0.15, 0.2) is 0 Å². The highest BCUT2D eigenvalue weighted by Crippen LogP contribution is 2.50. The van der Waals surface area contributed by atoms with Crippen molar-refractivity contribution < 1.29 is 0 Å². The van der Waals surface area contributed by atoms with E-state index in [2.05, 4.69) is 6.92 Å². The lowest BCUT2D eigenvalue weighted by atomic mass is 9.91. The van der Waals surface area contributed by atoms with Crippen LogP contribution < -0.4 is 0 Å². The van der Waals surface area contributed by atoms with Crippen LogP contribution >= 0.6 is 12.2 Å². The van der Waals surface area contributed by atoms with Crippen molar-refractivity contribution >= 4 is 17.1 Å². The van der Waals surface area contributed by atoms with E-state index in [1.165, 1.54) is 114 Å². The van der Waals surface area contributed by atoms with Crippen LogP contribution in [0.2, 0.25) is 0 Å². The molecule has 0 atom stereocenters. The Hall–Kier alpha value is 0.0900. The minimum atomic E-state index is 0.859. The Morgan fingerprint density at radius 3 is 1.48 bits per heavy atom. The molecular formula is C22H40S. The summed E-state index contributed by atoms with van der Waals surface area (Å²) in [5, 5.41) is 0. The summed E-state index contributed by atoms with van der Waals surface area (Å²) in [7, 11) is 0. The number of hydrogen-bond acceptors (Lipinski definition) is 1. The van der Waals surface area contributed by atoms with Gasteiger partial charge in [0, 0.05) is 0 Å². The van der Waals surface area contributed by atoms with Gasteiger partial charge in [-0.05, 0) is 61.1 Å². The zero-order valence-electron chi connectivity index (χ0n) is 15.7. The molecule has 0 N–H and O–H groups in total. The number of rotatable bonds is 16. The summed E-state index contributed by atoms with van der Waals surface area (Å²) in [4.78, 5) is 1.46. The maximum absolute atomic E-state index is 5.79. The molecule has 2 rings (SSSR count). The minimum Gasteiger partial charge on any atom is -0.0894 e. The molecule has 2 saturated carbocycles. The molecule has 2 fully saturated rings.